The Morgan fingerprint density at radius 2 is 0.930 bits per heavy atom. The fraction of sp³-hybridized carbons (Fsp3) is 0.0244. The lowest BCUT2D eigenvalue weighted by Crippen LogP contribution is -1.91. The van der Waals surface area contributed by atoms with Crippen LogP contribution in [0.2, 0.25) is 0 Å². The third kappa shape index (κ3) is 4.45. The average molecular weight is 549 g/mol. The minimum atomic E-state index is 1.06. The molecule has 8 aromatic rings. The Bertz CT molecular complexity index is 2230. The molecule has 0 atom stereocenters. The Kier molecular flexibility index (Phi) is 6.05. The van der Waals surface area contributed by atoms with Crippen LogP contribution in [0.25, 0.3) is 76.8 Å². The van der Waals surface area contributed by atoms with E-state index in [1.54, 1.807) is 6.20 Å². The monoisotopic (exact) mass is 548 g/mol. The van der Waals surface area contributed by atoms with Crippen LogP contribution in [-0.2, 0) is 0 Å². The number of pyridine rings is 2. The number of hydrogen-bond acceptors (Lipinski definition) is 2. The molecule has 0 saturated carbocycles. The van der Waals surface area contributed by atoms with Crippen molar-refractivity contribution in [2.45, 2.75) is 6.92 Å². The fourth-order valence-corrected chi connectivity index (χ4v) is 6.39. The largest absolute Gasteiger partial charge is 0.264 e. The van der Waals surface area contributed by atoms with Crippen molar-refractivity contribution in [2.24, 2.45) is 0 Å². The smallest absolute Gasteiger partial charge is 0.0347 e. The molecule has 2 nitrogen and oxygen atoms in total. The van der Waals surface area contributed by atoms with E-state index < -0.39 is 0 Å². The van der Waals surface area contributed by atoms with E-state index in [2.05, 4.69) is 138 Å². The lowest BCUT2D eigenvalue weighted by Gasteiger charge is -2.18. The summed E-state index contributed by atoms with van der Waals surface area (Å²) in [5, 5.41) is 7.58. The van der Waals surface area contributed by atoms with Gasteiger partial charge in [-0.2, -0.15) is 0 Å². The van der Waals surface area contributed by atoms with Crippen molar-refractivity contribution in [2.75, 3.05) is 0 Å². The number of rotatable bonds is 4. The molecule has 6 aromatic carbocycles. The fourth-order valence-electron chi connectivity index (χ4n) is 6.39. The van der Waals surface area contributed by atoms with Gasteiger partial charge in [-0.25, -0.2) is 0 Å². The van der Waals surface area contributed by atoms with Crippen molar-refractivity contribution in [3.8, 4) is 44.5 Å². The maximum atomic E-state index is 4.53. The quantitative estimate of drug-likeness (QED) is 0.204. The Morgan fingerprint density at radius 3 is 1.58 bits per heavy atom. The second-order valence-corrected chi connectivity index (χ2v) is 11.2. The summed E-state index contributed by atoms with van der Waals surface area (Å²) in [6.07, 6.45) is 7.50. The van der Waals surface area contributed by atoms with Crippen molar-refractivity contribution in [1.29, 1.82) is 0 Å². The molecule has 202 valence electrons. The van der Waals surface area contributed by atoms with Crippen LogP contribution in [0.4, 0.5) is 0 Å². The van der Waals surface area contributed by atoms with Crippen molar-refractivity contribution >= 4 is 32.3 Å². The first kappa shape index (κ1) is 25.1. The van der Waals surface area contributed by atoms with Crippen LogP contribution in [0.3, 0.4) is 0 Å². The van der Waals surface area contributed by atoms with Gasteiger partial charge in [0.15, 0.2) is 0 Å². The van der Waals surface area contributed by atoms with Gasteiger partial charge < -0.3 is 0 Å². The third-order valence-corrected chi connectivity index (χ3v) is 8.46. The number of fused-ring (bicyclic) bond motifs is 3. The van der Waals surface area contributed by atoms with E-state index >= 15 is 0 Å². The predicted octanol–water partition coefficient (Wildman–Crippen LogP) is 10.9. The Morgan fingerprint density at radius 1 is 0.372 bits per heavy atom. The molecule has 8 rings (SSSR count). The molecular formula is C41H28N2. The lowest BCUT2D eigenvalue weighted by atomic mass is 9.85. The van der Waals surface area contributed by atoms with E-state index in [0.29, 0.717) is 0 Å². The van der Waals surface area contributed by atoms with Gasteiger partial charge in [-0.05, 0) is 85.3 Å². The molecule has 0 aliphatic heterocycles. The molecule has 0 radical (unpaired) electrons. The van der Waals surface area contributed by atoms with Gasteiger partial charge in [0.1, 0.15) is 0 Å². The maximum absolute atomic E-state index is 4.53. The predicted molar refractivity (Wildman–Crippen MR) is 181 cm³/mol. The zero-order valence-corrected chi connectivity index (χ0v) is 23.8. The van der Waals surface area contributed by atoms with E-state index in [9.17, 15) is 0 Å². The van der Waals surface area contributed by atoms with Gasteiger partial charge in [0.2, 0.25) is 0 Å². The maximum Gasteiger partial charge on any atom is 0.0347 e. The Labute approximate surface area is 251 Å². The minimum Gasteiger partial charge on any atom is -0.264 e. The highest BCUT2D eigenvalue weighted by Gasteiger charge is 2.17. The molecule has 0 fully saturated rings. The number of benzene rings is 6. The number of hydrogen-bond donors (Lipinski definition) is 0. The summed E-state index contributed by atoms with van der Waals surface area (Å²) in [7, 11) is 0. The van der Waals surface area contributed by atoms with Crippen LogP contribution >= 0.6 is 0 Å². The van der Waals surface area contributed by atoms with Gasteiger partial charge in [-0.3, -0.25) is 9.97 Å². The van der Waals surface area contributed by atoms with E-state index in [-0.39, 0.29) is 0 Å². The molecule has 0 amide bonds. The topological polar surface area (TPSA) is 25.8 Å². The molecule has 0 aliphatic carbocycles. The van der Waals surface area contributed by atoms with E-state index in [0.717, 1.165) is 22.3 Å². The van der Waals surface area contributed by atoms with Gasteiger partial charge >= 0.3 is 0 Å². The number of aryl methyl sites for hydroxylation is 1. The molecule has 2 heterocycles. The first-order valence-corrected chi connectivity index (χ1v) is 14.6. The Balaban J connectivity index is 1.29. The van der Waals surface area contributed by atoms with Crippen LogP contribution in [-0.4, -0.2) is 9.97 Å². The van der Waals surface area contributed by atoms with Crippen molar-refractivity contribution in [3.05, 3.63) is 158 Å². The molecule has 2 heteroatoms. The summed E-state index contributed by atoms with van der Waals surface area (Å²) in [6, 6.07) is 46.3. The van der Waals surface area contributed by atoms with E-state index in [4.69, 9.17) is 0 Å². The third-order valence-electron chi connectivity index (χ3n) is 8.46. The van der Waals surface area contributed by atoms with Crippen LogP contribution in [0, 0.1) is 6.92 Å². The number of aromatic nitrogens is 2. The van der Waals surface area contributed by atoms with Crippen molar-refractivity contribution < 1.29 is 0 Å². The Hall–Kier alpha value is -5.60. The minimum absolute atomic E-state index is 1.06. The molecule has 0 unspecified atom stereocenters. The van der Waals surface area contributed by atoms with Crippen LogP contribution in [0.1, 0.15) is 5.56 Å². The highest BCUT2D eigenvalue weighted by Crippen LogP contribution is 2.44. The summed E-state index contributed by atoms with van der Waals surface area (Å²) in [5.41, 5.74) is 10.6. The molecule has 2 aromatic heterocycles. The van der Waals surface area contributed by atoms with Gasteiger partial charge in [0.05, 0.1) is 0 Å². The summed E-state index contributed by atoms with van der Waals surface area (Å²) >= 11 is 0. The van der Waals surface area contributed by atoms with Gasteiger partial charge in [-0.15, -0.1) is 0 Å². The zero-order valence-electron chi connectivity index (χ0n) is 23.8. The molecular weight excluding hydrogens is 520 g/mol. The molecule has 0 saturated heterocycles. The molecule has 0 bridgehead atoms. The van der Waals surface area contributed by atoms with Gasteiger partial charge in [0.25, 0.3) is 0 Å². The van der Waals surface area contributed by atoms with Crippen LogP contribution in [0.5, 0.6) is 0 Å². The van der Waals surface area contributed by atoms with Crippen molar-refractivity contribution in [1.82, 2.24) is 9.97 Å². The van der Waals surface area contributed by atoms with E-state index in [1.807, 2.05) is 24.7 Å². The summed E-state index contributed by atoms with van der Waals surface area (Å²) in [4.78, 5) is 8.81. The molecule has 43 heavy (non-hydrogen) atoms. The van der Waals surface area contributed by atoms with E-state index in [1.165, 1.54) is 60.1 Å². The summed E-state index contributed by atoms with van der Waals surface area (Å²) in [5.74, 6) is 0. The molecule has 0 N–H and O–H groups in total. The second-order valence-electron chi connectivity index (χ2n) is 11.2. The summed E-state index contributed by atoms with van der Waals surface area (Å²) < 4.78 is 0. The highest BCUT2D eigenvalue weighted by molar-refractivity contribution is 6.21. The zero-order chi connectivity index (χ0) is 28.8. The van der Waals surface area contributed by atoms with Gasteiger partial charge in [-0.1, -0.05) is 115 Å². The van der Waals surface area contributed by atoms with Crippen LogP contribution in [0.15, 0.2) is 152 Å². The first-order valence-electron chi connectivity index (χ1n) is 14.6. The normalized spacial score (nSPS) is 11.4. The SMILES string of the molecule is Cc1ccc2ccc(-c3c4ccccc4c(-c4ccc(-c5cncc(-c6cccnc6)c5)cc4)c4ccccc34)cc2c1. The highest BCUT2D eigenvalue weighted by atomic mass is 14.6. The summed E-state index contributed by atoms with van der Waals surface area (Å²) in [6.45, 7) is 2.16. The average Bonchev–Trinajstić information content (AvgIpc) is 3.07. The van der Waals surface area contributed by atoms with Crippen LogP contribution < -0.4 is 0 Å². The standard InChI is InChI=1S/C41H28N2/c1-27-12-13-28-16-19-31(22-33(28)21-27)41-38-10-4-2-8-36(38)40(37-9-3-5-11-39(37)41)30-17-14-29(15-18-30)34-23-35(26-43-25-34)32-7-6-20-42-24-32/h2-26H,1H3. The molecule has 0 spiro atoms. The van der Waals surface area contributed by atoms with Crippen molar-refractivity contribution in [3.63, 3.8) is 0 Å². The lowest BCUT2D eigenvalue weighted by molar-refractivity contribution is 1.30. The molecule has 0 aliphatic rings. The number of nitrogens with zero attached hydrogens (tertiary/aromatic N) is 2. The van der Waals surface area contributed by atoms with Gasteiger partial charge in [0, 0.05) is 41.5 Å². The first-order chi connectivity index (χ1) is 21.2. The second kappa shape index (κ2) is 10.3.